The topological polar surface area (TPSA) is 18.5 Å². The van der Waals surface area contributed by atoms with Crippen LogP contribution < -0.4 is 9.47 Å². The number of halogens is 2. The van der Waals surface area contributed by atoms with Gasteiger partial charge in [0.2, 0.25) is 0 Å². The SMILES string of the molecule is CC(C)(COc1ccccc1Br)COc1ccccc1Br. The quantitative estimate of drug-likeness (QED) is 0.604. The maximum atomic E-state index is 5.88. The average Bonchev–Trinajstić information content (AvgIpc) is 2.46. The van der Waals surface area contributed by atoms with E-state index in [0.717, 1.165) is 20.4 Å². The highest BCUT2D eigenvalue weighted by Gasteiger charge is 2.21. The summed E-state index contributed by atoms with van der Waals surface area (Å²) < 4.78 is 13.7. The molecule has 21 heavy (non-hydrogen) atoms. The minimum Gasteiger partial charge on any atom is -0.492 e. The van der Waals surface area contributed by atoms with Gasteiger partial charge in [-0.25, -0.2) is 0 Å². The standard InChI is InChI=1S/C17H18Br2O2/c1-17(2,11-20-15-9-5-3-7-13(15)18)12-21-16-10-6-4-8-14(16)19/h3-10H,11-12H2,1-2H3. The van der Waals surface area contributed by atoms with Crippen LogP contribution in [0.3, 0.4) is 0 Å². The normalized spacial score (nSPS) is 11.2. The van der Waals surface area contributed by atoms with Crippen LogP contribution in [0, 0.1) is 5.41 Å². The molecule has 2 aromatic rings. The van der Waals surface area contributed by atoms with Gasteiger partial charge in [0.05, 0.1) is 22.2 Å². The first-order valence-electron chi connectivity index (χ1n) is 6.73. The maximum Gasteiger partial charge on any atom is 0.133 e. The average molecular weight is 414 g/mol. The van der Waals surface area contributed by atoms with E-state index in [-0.39, 0.29) is 5.41 Å². The van der Waals surface area contributed by atoms with E-state index < -0.39 is 0 Å². The summed E-state index contributed by atoms with van der Waals surface area (Å²) in [6.07, 6.45) is 0. The molecule has 2 rings (SSSR count). The summed E-state index contributed by atoms with van der Waals surface area (Å²) in [6, 6.07) is 15.7. The molecule has 0 heterocycles. The Bertz CT molecular complexity index is 545. The maximum absolute atomic E-state index is 5.88. The molecular formula is C17H18Br2O2. The van der Waals surface area contributed by atoms with E-state index >= 15 is 0 Å². The molecule has 0 aliphatic rings. The van der Waals surface area contributed by atoms with Crippen molar-refractivity contribution in [3.05, 3.63) is 57.5 Å². The Labute approximate surface area is 142 Å². The third kappa shape index (κ3) is 5.04. The Morgan fingerprint density at radius 2 is 1.14 bits per heavy atom. The van der Waals surface area contributed by atoms with Crippen molar-refractivity contribution in [3.8, 4) is 11.5 Å². The molecule has 112 valence electrons. The van der Waals surface area contributed by atoms with Gasteiger partial charge < -0.3 is 9.47 Å². The number of hydrogen-bond acceptors (Lipinski definition) is 2. The van der Waals surface area contributed by atoms with E-state index in [1.54, 1.807) is 0 Å². The van der Waals surface area contributed by atoms with Crippen LogP contribution in [0.1, 0.15) is 13.8 Å². The van der Waals surface area contributed by atoms with Gasteiger partial charge in [0.15, 0.2) is 0 Å². The molecule has 0 radical (unpaired) electrons. The van der Waals surface area contributed by atoms with E-state index in [0.29, 0.717) is 13.2 Å². The van der Waals surface area contributed by atoms with Gasteiger partial charge in [-0.15, -0.1) is 0 Å². The summed E-state index contributed by atoms with van der Waals surface area (Å²) >= 11 is 6.97. The van der Waals surface area contributed by atoms with Gasteiger partial charge in [-0.1, -0.05) is 38.1 Å². The Morgan fingerprint density at radius 1 is 0.762 bits per heavy atom. The Balaban J connectivity index is 1.90. The van der Waals surface area contributed by atoms with Crippen LogP contribution in [0.5, 0.6) is 11.5 Å². The number of hydrogen-bond donors (Lipinski definition) is 0. The molecule has 0 aliphatic heterocycles. The second kappa shape index (κ2) is 7.32. The van der Waals surface area contributed by atoms with Crippen molar-refractivity contribution in [2.75, 3.05) is 13.2 Å². The van der Waals surface area contributed by atoms with Gasteiger partial charge >= 0.3 is 0 Å². The number of ether oxygens (including phenoxy) is 2. The van der Waals surface area contributed by atoms with E-state index in [1.165, 1.54) is 0 Å². The van der Waals surface area contributed by atoms with Gasteiger partial charge in [-0.2, -0.15) is 0 Å². The fourth-order valence-electron chi connectivity index (χ4n) is 1.71. The summed E-state index contributed by atoms with van der Waals surface area (Å²) in [5.41, 5.74) is -0.0927. The van der Waals surface area contributed by atoms with Crippen LogP contribution in [-0.2, 0) is 0 Å². The van der Waals surface area contributed by atoms with Crippen LogP contribution in [0.2, 0.25) is 0 Å². The lowest BCUT2D eigenvalue weighted by atomic mass is 9.96. The van der Waals surface area contributed by atoms with Crippen molar-refractivity contribution in [2.45, 2.75) is 13.8 Å². The first kappa shape index (κ1) is 16.4. The van der Waals surface area contributed by atoms with Crippen molar-refractivity contribution in [3.63, 3.8) is 0 Å². The molecule has 0 aliphatic carbocycles. The van der Waals surface area contributed by atoms with Crippen molar-refractivity contribution >= 4 is 31.9 Å². The monoisotopic (exact) mass is 412 g/mol. The zero-order chi connectivity index (χ0) is 15.3. The van der Waals surface area contributed by atoms with Gasteiger partial charge in [0, 0.05) is 5.41 Å². The number of para-hydroxylation sites is 2. The second-order valence-corrected chi connectivity index (χ2v) is 7.31. The number of rotatable bonds is 6. The molecular weight excluding hydrogens is 396 g/mol. The Kier molecular flexibility index (Phi) is 5.71. The minimum atomic E-state index is -0.0927. The molecule has 0 amide bonds. The molecule has 0 unspecified atom stereocenters. The molecule has 0 bridgehead atoms. The summed E-state index contributed by atoms with van der Waals surface area (Å²) in [7, 11) is 0. The first-order chi connectivity index (χ1) is 9.98. The summed E-state index contributed by atoms with van der Waals surface area (Å²) in [4.78, 5) is 0. The Morgan fingerprint density at radius 3 is 1.52 bits per heavy atom. The van der Waals surface area contributed by atoms with Gasteiger partial charge in [0.25, 0.3) is 0 Å². The fourth-order valence-corrected chi connectivity index (χ4v) is 2.51. The van der Waals surface area contributed by atoms with E-state index in [9.17, 15) is 0 Å². The van der Waals surface area contributed by atoms with Crippen molar-refractivity contribution in [1.82, 2.24) is 0 Å². The molecule has 0 fully saturated rings. The highest BCUT2D eigenvalue weighted by Crippen LogP contribution is 2.28. The predicted molar refractivity (Wildman–Crippen MR) is 93.1 cm³/mol. The molecule has 0 N–H and O–H groups in total. The van der Waals surface area contributed by atoms with Crippen molar-refractivity contribution in [2.24, 2.45) is 5.41 Å². The largest absolute Gasteiger partial charge is 0.492 e. The molecule has 4 heteroatoms. The fraction of sp³-hybridized carbons (Fsp3) is 0.294. The van der Waals surface area contributed by atoms with Crippen LogP contribution in [-0.4, -0.2) is 13.2 Å². The molecule has 0 saturated carbocycles. The van der Waals surface area contributed by atoms with Gasteiger partial charge in [0.1, 0.15) is 11.5 Å². The molecule has 2 aromatic carbocycles. The predicted octanol–water partition coefficient (Wildman–Crippen LogP) is 5.70. The van der Waals surface area contributed by atoms with E-state index in [4.69, 9.17) is 9.47 Å². The highest BCUT2D eigenvalue weighted by atomic mass is 79.9. The minimum absolute atomic E-state index is 0.0927. The van der Waals surface area contributed by atoms with Crippen LogP contribution >= 0.6 is 31.9 Å². The smallest absolute Gasteiger partial charge is 0.133 e. The lowest BCUT2D eigenvalue weighted by Crippen LogP contribution is -2.28. The van der Waals surface area contributed by atoms with Crippen LogP contribution in [0.25, 0.3) is 0 Å². The first-order valence-corrected chi connectivity index (χ1v) is 8.31. The van der Waals surface area contributed by atoms with Gasteiger partial charge in [-0.05, 0) is 56.1 Å². The van der Waals surface area contributed by atoms with Crippen molar-refractivity contribution in [1.29, 1.82) is 0 Å². The zero-order valence-corrected chi connectivity index (χ0v) is 15.3. The summed E-state index contributed by atoms with van der Waals surface area (Å²) in [5.74, 6) is 1.71. The van der Waals surface area contributed by atoms with E-state index in [2.05, 4.69) is 45.7 Å². The molecule has 0 aromatic heterocycles. The van der Waals surface area contributed by atoms with Crippen molar-refractivity contribution < 1.29 is 9.47 Å². The zero-order valence-electron chi connectivity index (χ0n) is 12.1. The second-order valence-electron chi connectivity index (χ2n) is 5.60. The van der Waals surface area contributed by atoms with Crippen LogP contribution in [0.15, 0.2) is 57.5 Å². The van der Waals surface area contributed by atoms with Crippen LogP contribution in [0.4, 0.5) is 0 Å². The summed E-state index contributed by atoms with van der Waals surface area (Å²) in [6.45, 7) is 5.42. The lowest BCUT2D eigenvalue weighted by molar-refractivity contribution is 0.110. The highest BCUT2D eigenvalue weighted by molar-refractivity contribution is 9.10. The third-order valence-corrected chi connectivity index (χ3v) is 4.22. The number of benzene rings is 2. The molecule has 0 atom stereocenters. The van der Waals surface area contributed by atoms with Gasteiger partial charge in [-0.3, -0.25) is 0 Å². The lowest BCUT2D eigenvalue weighted by Gasteiger charge is -2.25. The third-order valence-electron chi connectivity index (χ3n) is 2.91. The summed E-state index contributed by atoms with van der Waals surface area (Å²) in [5, 5.41) is 0. The Hall–Kier alpha value is -1.00. The molecule has 0 spiro atoms. The molecule has 0 saturated heterocycles. The van der Waals surface area contributed by atoms with E-state index in [1.807, 2.05) is 48.5 Å². The molecule has 2 nitrogen and oxygen atoms in total.